The molecule has 1 fully saturated rings. The van der Waals surface area contributed by atoms with E-state index < -0.39 is 5.97 Å². The molecule has 0 aliphatic heterocycles. The smallest absolute Gasteiger partial charge is 0.320 e. The highest BCUT2D eigenvalue weighted by atomic mass is 16.4. The third-order valence-electron chi connectivity index (χ3n) is 2.90. The summed E-state index contributed by atoms with van der Waals surface area (Å²) in [6, 6.07) is -0.346. The van der Waals surface area contributed by atoms with Gasteiger partial charge in [-0.2, -0.15) is 0 Å². The largest absolute Gasteiger partial charge is 0.480 e. The standard InChI is InChI=1S/C12H24N2O2/c1-12(2,8-14(3)4)7-13-10(11(15)16)9-5-6-9/h9-10,13H,5-8H2,1-4H3,(H,15,16). The predicted octanol–water partition coefficient (Wildman–Crippen LogP) is 1.03. The zero-order valence-electron chi connectivity index (χ0n) is 10.8. The first-order chi connectivity index (χ1) is 7.32. The van der Waals surface area contributed by atoms with Crippen LogP contribution in [0.1, 0.15) is 26.7 Å². The summed E-state index contributed by atoms with van der Waals surface area (Å²) in [7, 11) is 4.08. The van der Waals surface area contributed by atoms with E-state index in [0.717, 1.165) is 25.9 Å². The highest BCUT2D eigenvalue weighted by Crippen LogP contribution is 2.33. The van der Waals surface area contributed by atoms with Crippen LogP contribution in [-0.4, -0.2) is 49.2 Å². The second kappa shape index (κ2) is 5.15. The molecule has 16 heavy (non-hydrogen) atoms. The van der Waals surface area contributed by atoms with Crippen molar-refractivity contribution in [1.82, 2.24) is 10.2 Å². The number of rotatable bonds is 7. The fourth-order valence-corrected chi connectivity index (χ4v) is 2.18. The lowest BCUT2D eigenvalue weighted by Crippen LogP contribution is -2.45. The molecular weight excluding hydrogens is 204 g/mol. The van der Waals surface area contributed by atoms with E-state index in [1.807, 2.05) is 14.1 Å². The first-order valence-corrected chi connectivity index (χ1v) is 5.93. The number of nitrogens with zero attached hydrogens (tertiary/aromatic N) is 1. The van der Waals surface area contributed by atoms with Gasteiger partial charge in [0.15, 0.2) is 0 Å². The molecule has 94 valence electrons. The van der Waals surface area contributed by atoms with E-state index in [1.165, 1.54) is 0 Å². The Balaban J connectivity index is 2.38. The van der Waals surface area contributed by atoms with Gasteiger partial charge in [-0.1, -0.05) is 13.8 Å². The van der Waals surface area contributed by atoms with Crippen LogP contribution < -0.4 is 5.32 Å². The highest BCUT2D eigenvalue weighted by Gasteiger charge is 2.36. The zero-order chi connectivity index (χ0) is 12.3. The molecule has 1 unspecified atom stereocenters. The van der Waals surface area contributed by atoms with Crippen molar-refractivity contribution in [3.63, 3.8) is 0 Å². The molecule has 2 N–H and O–H groups in total. The van der Waals surface area contributed by atoms with Crippen molar-refractivity contribution in [2.45, 2.75) is 32.7 Å². The van der Waals surface area contributed by atoms with Gasteiger partial charge in [-0.15, -0.1) is 0 Å². The fourth-order valence-electron chi connectivity index (χ4n) is 2.18. The summed E-state index contributed by atoms with van der Waals surface area (Å²) in [5, 5.41) is 12.3. The molecule has 1 aliphatic carbocycles. The first-order valence-electron chi connectivity index (χ1n) is 5.93. The lowest BCUT2D eigenvalue weighted by molar-refractivity contribution is -0.140. The van der Waals surface area contributed by atoms with Crippen LogP contribution in [0.2, 0.25) is 0 Å². The minimum Gasteiger partial charge on any atom is -0.480 e. The summed E-state index contributed by atoms with van der Waals surface area (Å²) < 4.78 is 0. The van der Waals surface area contributed by atoms with E-state index in [0.29, 0.717) is 5.92 Å². The lowest BCUT2D eigenvalue weighted by Gasteiger charge is -2.30. The Labute approximate surface area is 98.0 Å². The van der Waals surface area contributed by atoms with Crippen molar-refractivity contribution in [2.75, 3.05) is 27.2 Å². The normalized spacial score (nSPS) is 18.8. The monoisotopic (exact) mass is 228 g/mol. The Morgan fingerprint density at radius 2 is 2.06 bits per heavy atom. The molecule has 0 heterocycles. The average Bonchev–Trinajstić information content (AvgIpc) is 2.84. The van der Waals surface area contributed by atoms with Crippen LogP contribution in [-0.2, 0) is 4.79 Å². The molecule has 1 saturated carbocycles. The number of carbonyl (C=O) groups is 1. The maximum Gasteiger partial charge on any atom is 0.320 e. The molecule has 0 bridgehead atoms. The zero-order valence-corrected chi connectivity index (χ0v) is 10.8. The van der Waals surface area contributed by atoms with E-state index in [9.17, 15) is 4.79 Å². The molecule has 0 saturated heterocycles. The van der Waals surface area contributed by atoms with E-state index in [2.05, 4.69) is 24.1 Å². The molecule has 1 rings (SSSR count). The van der Waals surface area contributed by atoms with Gasteiger partial charge in [0.25, 0.3) is 0 Å². The lowest BCUT2D eigenvalue weighted by atomic mass is 9.92. The molecule has 1 aliphatic rings. The Hall–Kier alpha value is -0.610. The van der Waals surface area contributed by atoms with Gasteiger partial charge in [-0.25, -0.2) is 0 Å². The van der Waals surface area contributed by atoms with Gasteiger partial charge in [0.1, 0.15) is 6.04 Å². The third kappa shape index (κ3) is 4.49. The number of nitrogens with one attached hydrogen (secondary N) is 1. The number of hydrogen-bond donors (Lipinski definition) is 2. The molecule has 0 aromatic carbocycles. The van der Waals surface area contributed by atoms with Crippen molar-refractivity contribution in [2.24, 2.45) is 11.3 Å². The SMILES string of the molecule is CN(C)CC(C)(C)CNC(C(=O)O)C1CC1. The van der Waals surface area contributed by atoms with E-state index in [1.54, 1.807) is 0 Å². The minimum absolute atomic E-state index is 0.103. The minimum atomic E-state index is -0.705. The molecule has 1 atom stereocenters. The third-order valence-corrected chi connectivity index (χ3v) is 2.90. The van der Waals surface area contributed by atoms with Gasteiger partial charge in [-0.3, -0.25) is 4.79 Å². The summed E-state index contributed by atoms with van der Waals surface area (Å²) in [5.41, 5.74) is 0.103. The first kappa shape index (κ1) is 13.5. The van der Waals surface area contributed by atoms with Crippen LogP contribution in [0, 0.1) is 11.3 Å². The van der Waals surface area contributed by atoms with E-state index >= 15 is 0 Å². The van der Waals surface area contributed by atoms with Gasteiger partial charge in [0, 0.05) is 13.1 Å². The van der Waals surface area contributed by atoms with Crippen molar-refractivity contribution >= 4 is 5.97 Å². The summed E-state index contributed by atoms with van der Waals surface area (Å²) in [6.45, 7) is 6.02. The highest BCUT2D eigenvalue weighted by molar-refractivity contribution is 5.74. The van der Waals surface area contributed by atoms with Gasteiger partial charge >= 0.3 is 5.97 Å². The fraction of sp³-hybridized carbons (Fsp3) is 0.917. The Morgan fingerprint density at radius 3 is 2.44 bits per heavy atom. The summed E-state index contributed by atoms with van der Waals surface area (Å²) in [5.74, 6) is -0.351. The van der Waals surface area contributed by atoms with Crippen LogP contribution in [0.4, 0.5) is 0 Å². The van der Waals surface area contributed by atoms with Gasteiger partial charge in [0.05, 0.1) is 0 Å². The van der Waals surface area contributed by atoms with Gasteiger partial charge < -0.3 is 15.3 Å². The number of hydrogen-bond acceptors (Lipinski definition) is 3. The Morgan fingerprint density at radius 1 is 1.50 bits per heavy atom. The van der Waals surface area contributed by atoms with Crippen molar-refractivity contribution in [3.05, 3.63) is 0 Å². The quantitative estimate of drug-likeness (QED) is 0.683. The molecule has 0 radical (unpaired) electrons. The summed E-state index contributed by atoms with van der Waals surface area (Å²) in [6.07, 6.45) is 2.11. The maximum absolute atomic E-state index is 11.0. The predicted molar refractivity (Wildman–Crippen MR) is 64.5 cm³/mol. The summed E-state index contributed by atoms with van der Waals surface area (Å²) in [4.78, 5) is 13.2. The second-order valence-corrected chi connectivity index (χ2v) is 5.94. The molecule has 0 amide bonds. The second-order valence-electron chi connectivity index (χ2n) is 5.94. The number of carboxylic acid groups (broad SMARTS) is 1. The van der Waals surface area contributed by atoms with Crippen LogP contribution in [0.5, 0.6) is 0 Å². The van der Waals surface area contributed by atoms with E-state index in [4.69, 9.17) is 5.11 Å². The van der Waals surface area contributed by atoms with Crippen molar-refractivity contribution in [3.8, 4) is 0 Å². The van der Waals surface area contributed by atoms with Crippen LogP contribution >= 0.6 is 0 Å². The summed E-state index contributed by atoms with van der Waals surface area (Å²) >= 11 is 0. The Kier molecular flexibility index (Phi) is 4.33. The molecular formula is C12H24N2O2. The van der Waals surface area contributed by atoms with E-state index in [-0.39, 0.29) is 11.5 Å². The molecule has 0 spiro atoms. The van der Waals surface area contributed by atoms with Crippen LogP contribution in [0.3, 0.4) is 0 Å². The number of carboxylic acids is 1. The van der Waals surface area contributed by atoms with Crippen molar-refractivity contribution in [1.29, 1.82) is 0 Å². The molecule has 0 aromatic rings. The van der Waals surface area contributed by atoms with Gasteiger partial charge in [0.2, 0.25) is 0 Å². The van der Waals surface area contributed by atoms with Crippen molar-refractivity contribution < 1.29 is 9.90 Å². The average molecular weight is 228 g/mol. The molecule has 4 heteroatoms. The van der Waals surface area contributed by atoms with Crippen LogP contribution in [0.15, 0.2) is 0 Å². The Bertz CT molecular complexity index is 247. The molecule has 0 aromatic heterocycles. The topological polar surface area (TPSA) is 52.6 Å². The van der Waals surface area contributed by atoms with Gasteiger partial charge in [-0.05, 0) is 38.3 Å². The molecule has 4 nitrogen and oxygen atoms in total. The maximum atomic E-state index is 11.0. The van der Waals surface area contributed by atoms with Crippen LogP contribution in [0.25, 0.3) is 0 Å². The number of aliphatic carboxylic acids is 1.